The molecule has 1 N–H and O–H groups in total. The number of sulfone groups is 1. The van der Waals surface area contributed by atoms with Crippen molar-refractivity contribution in [2.75, 3.05) is 24.3 Å². The van der Waals surface area contributed by atoms with Gasteiger partial charge in [0.2, 0.25) is 5.91 Å². The van der Waals surface area contributed by atoms with Gasteiger partial charge in [-0.3, -0.25) is 9.89 Å². The van der Waals surface area contributed by atoms with Gasteiger partial charge in [0.1, 0.15) is 12.2 Å². The summed E-state index contributed by atoms with van der Waals surface area (Å²) >= 11 is 1.42. The number of carbonyl (C=O) groups excluding carboxylic acids is 1. The number of rotatable bonds is 5. The van der Waals surface area contributed by atoms with Gasteiger partial charge < -0.3 is 4.90 Å². The van der Waals surface area contributed by atoms with Crippen LogP contribution < -0.4 is 0 Å². The van der Waals surface area contributed by atoms with Crippen molar-refractivity contribution in [3.05, 3.63) is 12.2 Å². The Labute approximate surface area is 116 Å². The molecule has 0 saturated carbocycles. The number of hydrogen-bond acceptors (Lipinski definition) is 6. The summed E-state index contributed by atoms with van der Waals surface area (Å²) in [5.74, 6) is 1.32. The van der Waals surface area contributed by atoms with E-state index in [1.807, 2.05) is 0 Å². The molecule has 0 aliphatic carbocycles. The predicted octanol–water partition coefficient (Wildman–Crippen LogP) is -0.317. The summed E-state index contributed by atoms with van der Waals surface area (Å²) < 4.78 is 22.6. The number of aromatic nitrogens is 3. The van der Waals surface area contributed by atoms with E-state index >= 15 is 0 Å². The van der Waals surface area contributed by atoms with Crippen molar-refractivity contribution in [1.29, 1.82) is 0 Å². The van der Waals surface area contributed by atoms with E-state index in [-0.39, 0.29) is 22.7 Å². The predicted molar refractivity (Wildman–Crippen MR) is 72.4 cm³/mol. The number of nitrogens with one attached hydrogen (secondary N) is 1. The minimum atomic E-state index is -2.87. The molecule has 1 saturated heterocycles. The Kier molecular flexibility index (Phi) is 4.46. The van der Waals surface area contributed by atoms with Gasteiger partial charge in [0.25, 0.3) is 0 Å². The van der Waals surface area contributed by atoms with Crippen molar-refractivity contribution >= 4 is 27.5 Å². The van der Waals surface area contributed by atoms with Crippen LogP contribution in [-0.2, 0) is 21.2 Å². The number of thioether (sulfide) groups is 1. The van der Waals surface area contributed by atoms with Crippen LogP contribution in [0, 0.1) is 0 Å². The van der Waals surface area contributed by atoms with Crippen molar-refractivity contribution in [3.63, 3.8) is 0 Å². The number of carbonyl (C=O) groups is 1. The van der Waals surface area contributed by atoms with Crippen LogP contribution >= 0.6 is 11.8 Å². The average Bonchev–Trinajstić information content (AvgIpc) is 2.95. The Morgan fingerprint density at radius 2 is 2.42 bits per heavy atom. The van der Waals surface area contributed by atoms with Gasteiger partial charge in [-0.15, -0.1) is 11.8 Å². The van der Waals surface area contributed by atoms with Gasteiger partial charge in [-0.25, -0.2) is 13.4 Å². The van der Waals surface area contributed by atoms with Gasteiger partial charge >= 0.3 is 0 Å². The molecule has 1 amide bonds. The van der Waals surface area contributed by atoms with E-state index in [1.165, 1.54) is 18.1 Å². The van der Waals surface area contributed by atoms with Crippen LogP contribution in [0.5, 0.6) is 0 Å². The molecular formula is C10H16N4O3S2. The molecule has 1 unspecified atom stereocenters. The summed E-state index contributed by atoms with van der Waals surface area (Å²) in [5, 5.41) is 6.45. The zero-order valence-corrected chi connectivity index (χ0v) is 12.2. The van der Waals surface area contributed by atoms with Crippen LogP contribution in [-0.4, -0.2) is 64.0 Å². The number of H-pyrrole nitrogens is 1. The van der Waals surface area contributed by atoms with Crippen molar-refractivity contribution in [1.82, 2.24) is 20.1 Å². The van der Waals surface area contributed by atoms with Gasteiger partial charge in [0.05, 0.1) is 23.8 Å². The smallest absolute Gasteiger partial charge is 0.232 e. The first kappa shape index (κ1) is 14.3. The highest BCUT2D eigenvalue weighted by molar-refractivity contribution is 8.02. The highest BCUT2D eigenvalue weighted by Gasteiger charge is 2.28. The van der Waals surface area contributed by atoms with Crippen LogP contribution in [0.25, 0.3) is 0 Å². The second-order valence-corrected chi connectivity index (χ2v) is 8.04. The lowest BCUT2D eigenvalue weighted by atomic mass is 10.4. The third-order valence-electron chi connectivity index (χ3n) is 2.91. The van der Waals surface area contributed by atoms with Crippen molar-refractivity contribution < 1.29 is 13.2 Å². The first-order chi connectivity index (χ1) is 8.96. The summed E-state index contributed by atoms with van der Waals surface area (Å²) in [6.45, 7) is 0.377. The van der Waals surface area contributed by atoms with Crippen LogP contribution in [0.3, 0.4) is 0 Å². The fourth-order valence-corrected chi connectivity index (χ4v) is 5.39. The monoisotopic (exact) mass is 304 g/mol. The topological polar surface area (TPSA) is 96.0 Å². The minimum Gasteiger partial charge on any atom is -0.338 e. The van der Waals surface area contributed by atoms with Crippen LogP contribution in [0.15, 0.2) is 6.33 Å². The first-order valence-corrected chi connectivity index (χ1v) is 8.73. The highest BCUT2D eigenvalue weighted by Crippen LogP contribution is 2.24. The van der Waals surface area contributed by atoms with Gasteiger partial charge in [0.15, 0.2) is 9.84 Å². The molecule has 2 heterocycles. The Balaban J connectivity index is 1.75. The molecule has 2 rings (SSSR count). The lowest BCUT2D eigenvalue weighted by Crippen LogP contribution is -2.29. The number of hydrogen-bond donors (Lipinski definition) is 1. The number of aromatic amines is 1. The van der Waals surface area contributed by atoms with E-state index < -0.39 is 9.84 Å². The third-order valence-corrected chi connectivity index (χ3v) is 6.18. The van der Waals surface area contributed by atoms with Crippen LogP contribution in [0.4, 0.5) is 0 Å². The average molecular weight is 304 g/mol. The second-order valence-electron chi connectivity index (χ2n) is 4.52. The minimum absolute atomic E-state index is 0.0364. The summed E-state index contributed by atoms with van der Waals surface area (Å²) in [6.07, 6.45) is 2.04. The lowest BCUT2D eigenvalue weighted by molar-refractivity contribution is -0.127. The zero-order chi connectivity index (χ0) is 13.9. The molecule has 1 aromatic heterocycles. The maximum Gasteiger partial charge on any atom is 0.232 e. The largest absolute Gasteiger partial charge is 0.338 e. The van der Waals surface area contributed by atoms with Gasteiger partial charge in [-0.1, -0.05) is 0 Å². The van der Waals surface area contributed by atoms with E-state index in [0.717, 1.165) is 0 Å². The van der Waals surface area contributed by atoms with Gasteiger partial charge in [-0.05, 0) is 6.42 Å². The fourth-order valence-electron chi connectivity index (χ4n) is 1.81. The molecule has 0 bridgehead atoms. The molecule has 1 aromatic rings. The molecule has 7 nitrogen and oxygen atoms in total. The highest BCUT2D eigenvalue weighted by atomic mass is 32.2. The second kappa shape index (κ2) is 5.91. The fraction of sp³-hybridized carbons (Fsp3) is 0.700. The first-order valence-electron chi connectivity index (χ1n) is 5.86. The van der Waals surface area contributed by atoms with Crippen LogP contribution in [0.1, 0.15) is 12.2 Å². The van der Waals surface area contributed by atoms with Crippen molar-refractivity contribution in [2.45, 2.75) is 18.2 Å². The lowest BCUT2D eigenvalue weighted by Gasteiger charge is -2.16. The molecule has 9 heteroatoms. The standard InChI is InChI=1S/C10H16N4O3S2/c1-14(4-9-11-7-12-13-9)10(15)5-18-8-2-3-19(16,17)6-8/h7-8H,2-6H2,1H3,(H,11,12,13). The van der Waals surface area contributed by atoms with Crippen molar-refractivity contribution in [3.8, 4) is 0 Å². The summed E-state index contributed by atoms with van der Waals surface area (Å²) in [7, 11) is -1.18. The maximum atomic E-state index is 11.9. The number of amides is 1. The summed E-state index contributed by atoms with van der Waals surface area (Å²) in [5.41, 5.74) is 0. The molecule has 1 fully saturated rings. The zero-order valence-electron chi connectivity index (χ0n) is 10.6. The molecule has 0 radical (unpaired) electrons. The van der Waals surface area contributed by atoms with Crippen molar-refractivity contribution in [2.24, 2.45) is 0 Å². The SMILES string of the molecule is CN(Cc1ncn[nH]1)C(=O)CSC1CCS(=O)(=O)C1. The van der Waals surface area contributed by atoms with E-state index in [4.69, 9.17) is 0 Å². The normalized spacial score (nSPS) is 21.4. The maximum absolute atomic E-state index is 11.9. The molecule has 1 atom stereocenters. The Morgan fingerprint density at radius 1 is 1.63 bits per heavy atom. The summed E-state index contributed by atoms with van der Waals surface area (Å²) in [4.78, 5) is 17.4. The molecule has 106 valence electrons. The van der Waals surface area contributed by atoms with E-state index in [0.29, 0.717) is 24.5 Å². The molecule has 1 aliphatic heterocycles. The quantitative estimate of drug-likeness (QED) is 0.801. The molecule has 19 heavy (non-hydrogen) atoms. The Hall–Kier alpha value is -1.09. The molecule has 0 spiro atoms. The molecule has 0 aromatic carbocycles. The van der Waals surface area contributed by atoms with E-state index in [2.05, 4.69) is 15.2 Å². The Bertz CT molecular complexity index is 529. The Morgan fingerprint density at radius 3 is 3.00 bits per heavy atom. The van der Waals surface area contributed by atoms with Crippen LogP contribution in [0.2, 0.25) is 0 Å². The third kappa shape index (κ3) is 4.20. The molecular weight excluding hydrogens is 288 g/mol. The van der Waals surface area contributed by atoms with E-state index in [1.54, 1.807) is 11.9 Å². The van der Waals surface area contributed by atoms with Gasteiger partial charge in [0, 0.05) is 12.3 Å². The van der Waals surface area contributed by atoms with Gasteiger partial charge in [-0.2, -0.15) is 5.10 Å². The van der Waals surface area contributed by atoms with E-state index in [9.17, 15) is 13.2 Å². The molecule has 1 aliphatic rings. The summed E-state index contributed by atoms with van der Waals surface area (Å²) in [6, 6.07) is 0. The number of nitrogens with zero attached hydrogens (tertiary/aromatic N) is 3.